The minimum Gasteiger partial charge on any atom is -0.481 e. The van der Waals surface area contributed by atoms with Crippen LogP contribution in [0.3, 0.4) is 0 Å². The summed E-state index contributed by atoms with van der Waals surface area (Å²) in [7, 11) is 1.98. The lowest BCUT2D eigenvalue weighted by atomic mass is 10.3. The molecular formula is C8H15NO2. The topological polar surface area (TPSA) is 40.5 Å². The van der Waals surface area contributed by atoms with Gasteiger partial charge in [-0.1, -0.05) is 0 Å². The molecule has 1 aliphatic rings. The van der Waals surface area contributed by atoms with Crippen molar-refractivity contribution in [3.8, 4) is 0 Å². The number of hydrogen-bond donors (Lipinski definition) is 1. The molecule has 1 rings (SSSR count). The molecule has 1 saturated carbocycles. The molecule has 2 unspecified atom stereocenters. The lowest BCUT2D eigenvalue weighted by molar-refractivity contribution is -0.139. The number of carbonyl (C=O) groups is 1. The van der Waals surface area contributed by atoms with Crippen LogP contribution in [0.15, 0.2) is 0 Å². The zero-order valence-corrected chi connectivity index (χ0v) is 7.24. The van der Waals surface area contributed by atoms with Gasteiger partial charge < -0.3 is 10.0 Å². The SMILES string of the molecule is CC(C)N(C)C1CC1C(=O)O. The maximum atomic E-state index is 10.5. The largest absolute Gasteiger partial charge is 0.481 e. The van der Waals surface area contributed by atoms with Crippen LogP contribution in [0.4, 0.5) is 0 Å². The third-order valence-corrected chi connectivity index (χ3v) is 2.41. The summed E-state index contributed by atoms with van der Waals surface area (Å²) in [5.74, 6) is -0.759. The average Bonchev–Trinajstić information content (AvgIpc) is 2.63. The molecule has 1 fully saturated rings. The van der Waals surface area contributed by atoms with E-state index in [9.17, 15) is 4.79 Å². The van der Waals surface area contributed by atoms with E-state index >= 15 is 0 Å². The molecule has 0 spiro atoms. The molecule has 0 aromatic rings. The van der Waals surface area contributed by atoms with Crippen molar-refractivity contribution in [2.45, 2.75) is 32.4 Å². The van der Waals surface area contributed by atoms with Gasteiger partial charge in [-0.15, -0.1) is 0 Å². The quantitative estimate of drug-likeness (QED) is 0.658. The van der Waals surface area contributed by atoms with Crippen LogP contribution in [0.25, 0.3) is 0 Å². The minimum absolute atomic E-state index is 0.109. The summed E-state index contributed by atoms with van der Waals surface area (Å²) in [5, 5.41) is 8.63. The molecular weight excluding hydrogens is 142 g/mol. The Kier molecular flexibility index (Phi) is 2.18. The second-order valence-electron chi connectivity index (χ2n) is 3.51. The van der Waals surface area contributed by atoms with E-state index in [1.807, 2.05) is 7.05 Å². The van der Waals surface area contributed by atoms with Crippen LogP contribution >= 0.6 is 0 Å². The van der Waals surface area contributed by atoms with Crippen molar-refractivity contribution in [3.05, 3.63) is 0 Å². The molecule has 0 aliphatic heterocycles. The van der Waals surface area contributed by atoms with Gasteiger partial charge in [0.2, 0.25) is 0 Å². The van der Waals surface area contributed by atoms with Crippen LogP contribution in [-0.4, -0.2) is 35.1 Å². The molecule has 1 aliphatic carbocycles. The second kappa shape index (κ2) is 2.81. The summed E-state index contributed by atoms with van der Waals surface area (Å²) in [6.07, 6.45) is 0.823. The molecule has 0 heterocycles. The smallest absolute Gasteiger partial charge is 0.308 e. The summed E-state index contributed by atoms with van der Waals surface area (Å²) >= 11 is 0. The molecule has 0 amide bonds. The van der Waals surface area contributed by atoms with Crippen molar-refractivity contribution in [1.82, 2.24) is 4.90 Å². The van der Waals surface area contributed by atoms with Crippen molar-refractivity contribution in [1.29, 1.82) is 0 Å². The third kappa shape index (κ3) is 1.71. The number of hydrogen-bond acceptors (Lipinski definition) is 2. The summed E-state index contributed by atoms with van der Waals surface area (Å²) in [5.41, 5.74) is 0. The second-order valence-corrected chi connectivity index (χ2v) is 3.51. The van der Waals surface area contributed by atoms with Crippen molar-refractivity contribution >= 4 is 5.97 Å². The number of aliphatic carboxylic acids is 1. The standard InChI is InChI=1S/C8H15NO2/c1-5(2)9(3)7-4-6(7)8(10)11/h5-7H,4H2,1-3H3,(H,10,11). The number of rotatable bonds is 3. The lowest BCUT2D eigenvalue weighted by Crippen LogP contribution is -2.30. The monoisotopic (exact) mass is 157 g/mol. The predicted octanol–water partition coefficient (Wildman–Crippen LogP) is 0.800. The van der Waals surface area contributed by atoms with Gasteiger partial charge in [0.05, 0.1) is 5.92 Å². The lowest BCUT2D eigenvalue weighted by Gasteiger charge is -2.20. The van der Waals surface area contributed by atoms with Crippen LogP contribution in [0.2, 0.25) is 0 Å². The van der Waals surface area contributed by atoms with Gasteiger partial charge in [-0.2, -0.15) is 0 Å². The van der Waals surface area contributed by atoms with E-state index in [1.165, 1.54) is 0 Å². The summed E-state index contributed by atoms with van der Waals surface area (Å²) in [4.78, 5) is 12.6. The summed E-state index contributed by atoms with van der Waals surface area (Å²) in [6.45, 7) is 4.16. The molecule has 1 N–H and O–H groups in total. The van der Waals surface area contributed by atoms with Gasteiger partial charge in [0.15, 0.2) is 0 Å². The molecule has 3 heteroatoms. The molecule has 3 nitrogen and oxygen atoms in total. The molecule has 2 atom stereocenters. The Labute approximate surface area is 67.0 Å². The van der Waals surface area contributed by atoms with Gasteiger partial charge >= 0.3 is 5.97 Å². The molecule has 0 aromatic heterocycles. The molecule has 0 saturated heterocycles. The van der Waals surface area contributed by atoms with Gasteiger partial charge in [-0.3, -0.25) is 4.79 Å². The first-order valence-corrected chi connectivity index (χ1v) is 3.98. The molecule has 0 bridgehead atoms. The van der Waals surface area contributed by atoms with E-state index < -0.39 is 5.97 Å². The van der Waals surface area contributed by atoms with Gasteiger partial charge in [-0.05, 0) is 27.3 Å². The summed E-state index contributed by atoms with van der Waals surface area (Å²) in [6, 6.07) is 0.733. The number of nitrogens with zero attached hydrogens (tertiary/aromatic N) is 1. The maximum absolute atomic E-state index is 10.5. The van der Waals surface area contributed by atoms with E-state index in [2.05, 4.69) is 18.7 Å². The third-order valence-electron chi connectivity index (χ3n) is 2.41. The highest BCUT2D eigenvalue weighted by Crippen LogP contribution is 2.35. The molecule has 11 heavy (non-hydrogen) atoms. The molecule has 0 aromatic carbocycles. The van der Waals surface area contributed by atoms with Crippen molar-refractivity contribution in [3.63, 3.8) is 0 Å². The maximum Gasteiger partial charge on any atom is 0.308 e. The Hall–Kier alpha value is -0.570. The first-order chi connectivity index (χ1) is 5.04. The van der Waals surface area contributed by atoms with E-state index in [0.717, 1.165) is 6.42 Å². The zero-order chi connectivity index (χ0) is 8.59. The first-order valence-electron chi connectivity index (χ1n) is 3.98. The normalized spacial score (nSPS) is 29.5. The Morgan fingerprint density at radius 3 is 2.45 bits per heavy atom. The van der Waals surface area contributed by atoms with E-state index in [4.69, 9.17) is 5.11 Å². The highest BCUT2D eigenvalue weighted by atomic mass is 16.4. The van der Waals surface area contributed by atoms with E-state index in [-0.39, 0.29) is 12.0 Å². The van der Waals surface area contributed by atoms with Crippen LogP contribution < -0.4 is 0 Å². The number of carboxylic acid groups (broad SMARTS) is 1. The number of carboxylic acids is 1. The fraction of sp³-hybridized carbons (Fsp3) is 0.875. The van der Waals surface area contributed by atoms with Crippen molar-refractivity contribution in [2.75, 3.05) is 7.05 Å². The van der Waals surface area contributed by atoms with E-state index in [1.54, 1.807) is 0 Å². The van der Waals surface area contributed by atoms with Crippen LogP contribution in [0, 0.1) is 5.92 Å². The summed E-state index contributed by atoms with van der Waals surface area (Å²) < 4.78 is 0. The van der Waals surface area contributed by atoms with Gasteiger partial charge in [0.25, 0.3) is 0 Å². The fourth-order valence-corrected chi connectivity index (χ4v) is 1.28. The molecule has 0 radical (unpaired) electrons. The highest BCUT2D eigenvalue weighted by Gasteiger charge is 2.46. The first kappa shape index (κ1) is 8.53. The molecule has 64 valence electrons. The Morgan fingerprint density at radius 2 is 2.18 bits per heavy atom. The van der Waals surface area contributed by atoms with Crippen LogP contribution in [-0.2, 0) is 4.79 Å². The average molecular weight is 157 g/mol. The fourth-order valence-electron chi connectivity index (χ4n) is 1.28. The Balaban J connectivity index is 2.37. The van der Waals surface area contributed by atoms with Crippen LogP contribution in [0.5, 0.6) is 0 Å². The zero-order valence-electron chi connectivity index (χ0n) is 7.24. The predicted molar refractivity (Wildman–Crippen MR) is 42.4 cm³/mol. The van der Waals surface area contributed by atoms with Crippen molar-refractivity contribution < 1.29 is 9.90 Å². The Morgan fingerprint density at radius 1 is 1.64 bits per heavy atom. The van der Waals surface area contributed by atoms with Gasteiger partial charge in [0.1, 0.15) is 0 Å². The highest BCUT2D eigenvalue weighted by molar-refractivity contribution is 5.74. The Bertz CT molecular complexity index is 167. The minimum atomic E-state index is -0.650. The van der Waals surface area contributed by atoms with Crippen LogP contribution in [0.1, 0.15) is 20.3 Å². The van der Waals surface area contributed by atoms with Gasteiger partial charge in [-0.25, -0.2) is 0 Å². The van der Waals surface area contributed by atoms with Crippen molar-refractivity contribution in [2.24, 2.45) is 5.92 Å². The van der Waals surface area contributed by atoms with E-state index in [0.29, 0.717) is 6.04 Å². The van der Waals surface area contributed by atoms with Gasteiger partial charge in [0, 0.05) is 12.1 Å².